The van der Waals surface area contributed by atoms with Crippen LogP contribution in [0.1, 0.15) is 11.1 Å². The Hall–Kier alpha value is -0.830. The van der Waals surface area contributed by atoms with E-state index in [1.165, 1.54) is 0 Å². The van der Waals surface area contributed by atoms with Gasteiger partial charge in [-0.25, -0.2) is 0 Å². The third-order valence-electron chi connectivity index (χ3n) is 1.66. The quantitative estimate of drug-likeness (QED) is 0.478. The first kappa shape index (κ1) is 6.85. The summed E-state index contributed by atoms with van der Waals surface area (Å²) in [6.07, 6.45) is 0. The molecule has 0 aliphatic carbocycles. The van der Waals surface area contributed by atoms with Crippen LogP contribution in [-0.2, 0) is 11.3 Å². The van der Waals surface area contributed by atoms with Gasteiger partial charge in [-0.2, -0.15) is 0 Å². The Morgan fingerprint density at radius 3 is 3.09 bits per heavy atom. The minimum Gasteiger partial charge on any atom is -0.335 e. The average molecular weight is 214 g/mol. The zero-order chi connectivity index (χ0) is 7.84. The monoisotopic (exact) mass is 213 g/mol. The van der Waals surface area contributed by atoms with Crippen molar-refractivity contribution in [1.82, 2.24) is 0 Å². The predicted octanol–water partition coefficient (Wildman–Crippen LogP) is 1.83. The van der Waals surface area contributed by atoms with Crippen LogP contribution >= 0.6 is 15.9 Å². The first-order valence-corrected chi connectivity index (χ1v) is 4.04. The zero-order valence-corrected chi connectivity index (χ0v) is 7.26. The van der Waals surface area contributed by atoms with Crippen LogP contribution in [0.2, 0.25) is 0 Å². The maximum atomic E-state index is 9.15. The van der Waals surface area contributed by atoms with Crippen molar-refractivity contribution in [3.63, 3.8) is 0 Å². The number of benzene rings is 1. The Kier molecular flexibility index (Phi) is 1.46. The van der Waals surface area contributed by atoms with Crippen molar-refractivity contribution in [2.75, 3.05) is 0 Å². The van der Waals surface area contributed by atoms with Crippen LogP contribution in [0.25, 0.3) is 0 Å². The number of hydrogen-bond donors (Lipinski definition) is 0. The summed E-state index contributed by atoms with van der Waals surface area (Å²) < 4.78 is 5.94. The van der Waals surface area contributed by atoms with Crippen LogP contribution in [0.4, 0.5) is 0 Å². The lowest BCUT2D eigenvalue weighted by Crippen LogP contribution is -1.94. The van der Waals surface area contributed by atoms with Gasteiger partial charge in [-0.05, 0) is 18.2 Å². The largest absolute Gasteiger partial charge is 0.518 e. The first-order chi connectivity index (χ1) is 5.27. The Morgan fingerprint density at radius 2 is 2.27 bits per heavy atom. The molecule has 11 heavy (non-hydrogen) atoms. The van der Waals surface area contributed by atoms with Gasteiger partial charge >= 0.3 is 5.97 Å². The zero-order valence-electron chi connectivity index (χ0n) is 5.67. The van der Waals surface area contributed by atoms with E-state index in [4.69, 9.17) is 9.53 Å². The lowest BCUT2D eigenvalue weighted by Gasteiger charge is -1.89. The number of hydrogen-bond acceptors (Lipinski definition) is 1. The standard InChI is InChI=1S/C8H5BrO2/c9-6-1-2-7-5(3-6)4-11-8(7)10/h1-3H,4H2/p+1. The highest BCUT2D eigenvalue weighted by molar-refractivity contribution is 9.10. The van der Waals surface area contributed by atoms with E-state index in [0.717, 1.165) is 15.6 Å². The summed E-state index contributed by atoms with van der Waals surface area (Å²) >= 11 is 3.34. The second-order valence-electron chi connectivity index (χ2n) is 2.40. The van der Waals surface area contributed by atoms with E-state index < -0.39 is 0 Å². The summed E-state index contributed by atoms with van der Waals surface area (Å²) in [4.78, 5) is 9.15. The van der Waals surface area contributed by atoms with Crippen LogP contribution in [0.15, 0.2) is 22.7 Å². The molecule has 0 spiro atoms. The van der Waals surface area contributed by atoms with Gasteiger partial charge in [0, 0.05) is 10.0 Å². The Morgan fingerprint density at radius 1 is 1.45 bits per heavy atom. The predicted molar refractivity (Wildman–Crippen MR) is 45.0 cm³/mol. The maximum Gasteiger partial charge on any atom is 0.518 e. The van der Waals surface area contributed by atoms with Gasteiger partial charge in [0.2, 0.25) is 6.61 Å². The van der Waals surface area contributed by atoms with Crippen molar-refractivity contribution in [2.45, 2.75) is 6.61 Å². The van der Waals surface area contributed by atoms with Gasteiger partial charge in [-0.3, -0.25) is 0 Å². The maximum absolute atomic E-state index is 9.15. The molecule has 0 atom stereocenters. The molecule has 0 aromatic heterocycles. The molecule has 0 amide bonds. The minimum atomic E-state index is 0.0347. The van der Waals surface area contributed by atoms with Gasteiger partial charge in [0.15, 0.2) is 0 Å². The lowest BCUT2D eigenvalue weighted by molar-refractivity contribution is 0.283. The lowest BCUT2D eigenvalue weighted by atomic mass is 10.1. The summed E-state index contributed by atoms with van der Waals surface area (Å²) in [6, 6.07) is 5.66. The molecule has 0 saturated carbocycles. The highest BCUT2D eigenvalue weighted by atomic mass is 79.9. The molecule has 0 radical (unpaired) electrons. The normalized spacial score (nSPS) is 14.5. The Balaban J connectivity index is 2.59. The van der Waals surface area contributed by atoms with Gasteiger partial charge in [0.05, 0.1) is 0 Å². The van der Waals surface area contributed by atoms with E-state index in [-0.39, 0.29) is 5.97 Å². The molecule has 1 aromatic rings. The Bertz CT molecular complexity index is 320. The molecule has 0 fully saturated rings. The van der Waals surface area contributed by atoms with Gasteiger partial charge in [-0.15, -0.1) is 0 Å². The van der Waals surface area contributed by atoms with Gasteiger partial charge in [0.1, 0.15) is 5.56 Å². The highest BCUT2D eigenvalue weighted by Crippen LogP contribution is 2.22. The van der Waals surface area contributed by atoms with Crippen molar-refractivity contribution in [1.29, 1.82) is 0 Å². The molecule has 2 rings (SSSR count). The summed E-state index contributed by atoms with van der Waals surface area (Å²) in [7, 11) is 0. The molecule has 0 saturated heterocycles. The molecular weight excluding hydrogens is 208 g/mol. The van der Waals surface area contributed by atoms with Crippen molar-refractivity contribution < 1.29 is 9.53 Å². The van der Waals surface area contributed by atoms with Crippen LogP contribution < -0.4 is 0 Å². The molecule has 56 valence electrons. The number of carbonyl (C=O) groups excluding carboxylic acids is 1. The fourth-order valence-electron chi connectivity index (χ4n) is 1.11. The van der Waals surface area contributed by atoms with Gasteiger partial charge < -0.3 is 9.53 Å². The van der Waals surface area contributed by atoms with Crippen LogP contribution in [0, 0.1) is 0 Å². The fourth-order valence-corrected chi connectivity index (χ4v) is 1.52. The summed E-state index contributed by atoms with van der Waals surface area (Å²) in [5, 5.41) is 0. The van der Waals surface area contributed by atoms with Crippen molar-refractivity contribution in [3.05, 3.63) is 33.8 Å². The SMILES string of the molecule is [OH+]=C1OCc2cc(Br)ccc21. The molecule has 2 nitrogen and oxygen atoms in total. The van der Waals surface area contributed by atoms with Crippen LogP contribution in [0.5, 0.6) is 0 Å². The smallest absolute Gasteiger partial charge is 0.335 e. The summed E-state index contributed by atoms with van der Waals surface area (Å²) in [5.74, 6) is 0.0347. The van der Waals surface area contributed by atoms with E-state index >= 15 is 0 Å². The number of cyclic esters (lactones) is 1. The second kappa shape index (κ2) is 2.34. The molecule has 1 heterocycles. The van der Waals surface area contributed by atoms with Crippen molar-refractivity contribution in [3.8, 4) is 0 Å². The minimum absolute atomic E-state index is 0.0347. The fraction of sp³-hybridized carbons (Fsp3) is 0.125. The van der Waals surface area contributed by atoms with Crippen molar-refractivity contribution in [2.24, 2.45) is 0 Å². The summed E-state index contributed by atoms with van der Waals surface area (Å²) in [5.41, 5.74) is 1.82. The van der Waals surface area contributed by atoms with Crippen LogP contribution in [0.3, 0.4) is 0 Å². The number of ether oxygens (including phenoxy) is 1. The summed E-state index contributed by atoms with van der Waals surface area (Å²) in [6.45, 7) is 0.473. The second-order valence-corrected chi connectivity index (χ2v) is 3.31. The average Bonchev–Trinajstić information content (AvgIpc) is 2.32. The van der Waals surface area contributed by atoms with Crippen LogP contribution in [-0.4, -0.2) is 10.8 Å². The van der Waals surface area contributed by atoms with E-state index in [0.29, 0.717) is 6.61 Å². The van der Waals surface area contributed by atoms with Gasteiger partial charge in [0.25, 0.3) is 0 Å². The van der Waals surface area contributed by atoms with Gasteiger partial charge in [-0.1, -0.05) is 15.9 Å². The molecule has 0 unspecified atom stereocenters. The number of fused-ring (bicyclic) bond motifs is 1. The molecule has 0 bridgehead atoms. The molecular formula is C8H6BrO2+. The van der Waals surface area contributed by atoms with Crippen molar-refractivity contribution >= 4 is 21.9 Å². The number of esters is 1. The molecule has 3 heteroatoms. The first-order valence-electron chi connectivity index (χ1n) is 3.25. The molecule has 1 aromatic carbocycles. The molecule has 1 N–H and O–H groups in total. The topological polar surface area (TPSA) is 30.6 Å². The molecule has 1 aliphatic rings. The Labute approximate surface area is 72.3 Å². The highest BCUT2D eigenvalue weighted by Gasteiger charge is 2.28. The number of halogens is 1. The third-order valence-corrected chi connectivity index (χ3v) is 2.16. The van der Waals surface area contributed by atoms with E-state index in [1.54, 1.807) is 0 Å². The molecule has 1 aliphatic heterocycles. The third kappa shape index (κ3) is 1.05. The van der Waals surface area contributed by atoms with E-state index in [1.807, 2.05) is 18.2 Å². The van der Waals surface area contributed by atoms with E-state index in [9.17, 15) is 0 Å². The van der Waals surface area contributed by atoms with E-state index in [2.05, 4.69) is 15.9 Å². The number of rotatable bonds is 0.